The third-order valence-electron chi connectivity index (χ3n) is 6.53. The Balaban J connectivity index is 1.65. The summed E-state index contributed by atoms with van der Waals surface area (Å²) in [4.78, 5) is 2.78. The smallest absolute Gasteiger partial charge is 0.243 e. The quantitative estimate of drug-likeness (QED) is 0.611. The minimum absolute atomic E-state index is 0.0808. The van der Waals surface area contributed by atoms with Crippen molar-refractivity contribution >= 4 is 21.8 Å². The molecule has 2 aromatic rings. The Bertz CT molecular complexity index is 992. The van der Waals surface area contributed by atoms with E-state index in [0.717, 1.165) is 62.7 Å². The van der Waals surface area contributed by atoms with Crippen LogP contribution in [0.4, 0.5) is 5.69 Å². The van der Waals surface area contributed by atoms with Crippen LogP contribution in [0.25, 0.3) is 6.08 Å². The number of aryl methyl sites for hydroxylation is 1. The highest BCUT2D eigenvalue weighted by Crippen LogP contribution is 2.33. The van der Waals surface area contributed by atoms with Crippen LogP contribution in [0.15, 0.2) is 53.9 Å². The zero-order chi connectivity index (χ0) is 21.1. The maximum atomic E-state index is 13.6. The lowest BCUT2D eigenvalue weighted by Gasteiger charge is -2.32. The van der Waals surface area contributed by atoms with Crippen LogP contribution in [-0.2, 0) is 23.0 Å². The third-order valence-corrected chi connectivity index (χ3v) is 8.45. The summed E-state index contributed by atoms with van der Waals surface area (Å²) in [6, 6.07) is 13.7. The van der Waals surface area contributed by atoms with Gasteiger partial charge in [0, 0.05) is 31.4 Å². The summed E-state index contributed by atoms with van der Waals surface area (Å²) in [5, 5.41) is 0. The molecule has 0 atom stereocenters. The second-order valence-corrected chi connectivity index (χ2v) is 10.3. The highest BCUT2D eigenvalue weighted by molar-refractivity contribution is 7.89. The lowest BCUT2D eigenvalue weighted by molar-refractivity contribution is 0.316. The monoisotopic (exact) mass is 424 g/mol. The van der Waals surface area contributed by atoms with E-state index in [9.17, 15) is 8.42 Å². The predicted octanol–water partition coefficient (Wildman–Crippen LogP) is 5.24. The molecule has 0 saturated heterocycles. The second kappa shape index (κ2) is 8.94. The zero-order valence-corrected chi connectivity index (χ0v) is 18.7. The molecule has 0 unspecified atom stereocenters. The van der Waals surface area contributed by atoms with E-state index in [0.29, 0.717) is 11.4 Å². The standard InChI is InChI=1S/C25H32N2O2S/c1-3-20-11-14-24(15-12-20)30(28,29)27(23-9-5-6-10-23)19-21-13-16-25-22(18-21)8-7-17-26(25)4-2/h3,11-16,18,23H,1,4-10,17,19H2,2H3. The van der Waals surface area contributed by atoms with E-state index in [1.165, 1.54) is 11.3 Å². The van der Waals surface area contributed by atoms with Gasteiger partial charge in [-0.05, 0) is 67.5 Å². The SMILES string of the molecule is C=Cc1ccc(S(=O)(=O)N(Cc2ccc3c(c2)CCCN3CC)C2CCCC2)cc1. The van der Waals surface area contributed by atoms with E-state index < -0.39 is 10.0 Å². The summed E-state index contributed by atoms with van der Waals surface area (Å²) in [5.41, 5.74) is 4.67. The van der Waals surface area contributed by atoms with Gasteiger partial charge in [0.25, 0.3) is 0 Å². The van der Waals surface area contributed by atoms with Gasteiger partial charge >= 0.3 is 0 Å². The molecule has 0 bridgehead atoms. The van der Waals surface area contributed by atoms with Crippen LogP contribution in [0.3, 0.4) is 0 Å². The zero-order valence-electron chi connectivity index (χ0n) is 17.9. The fourth-order valence-corrected chi connectivity index (χ4v) is 6.52. The van der Waals surface area contributed by atoms with E-state index in [2.05, 4.69) is 36.6 Å². The third kappa shape index (κ3) is 4.19. The van der Waals surface area contributed by atoms with Crippen molar-refractivity contribution in [1.82, 2.24) is 4.31 Å². The van der Waals surface area contributed by atoms with Crippen LogP contribution in [0.1, 0.15) is 55.7 Å². The molecule has 0 spiro atoms. The molecule has 1 aliphatic carbocycles. The summed E-state index contributed by atoms with van der Waals surface area (Å²) < 4.78 is 29.0. The number of hydrogen-bond acceptors (Lipinski definition) is 3. The van der Waals surface area contributed by atoms with Crippen LogP contribution < -0.4 is 4.90 Å². The molecule has 4 rings (SSSR count). The van der Waals surface area contributed by atoms with Crippen LogP contribution in [0.2, 0.25) is 0 Å². The van der Waals surface area contributed by atoms with Crippen molar-refractivity contribution in [2.45, 2.75) is 62.9 Å². The van der Waals surface area contributed by atoms with Crippen molar-refractivity contribution in [3.8, 4) is 0 Å². The van der Waals surface area contributed by atoms with E-state index in [4.69, 9.17) is 0 Å². The molecule has 2 aliphatic rings. The van der Waals surface area contributed by atoms with Crippen molar-refractivity contribution < 1.29 is 8.42 Å². The molecule has 0 N–H and O–H groups in total. The number of hydrogen-bond donors (Lipinski definition) is 0. The fourth-order valence-electron chi connectivity index (χ4n) is 4.85. The van der Waals surface area contributed by atoms with Crippen molar-refractivity contribution in [2.24, 2.45) is 0 Å². The summed E-state index contributed by atoms with van der Waals surface area (Å²) in [7, 11) is -3.56. The molecule has 5 heteroatoms. The normalized spacial score (nSPS) is 17.3. The van der Waals surface area contributed by atoms with Crippen molar-refractivity contribution in [1.29, 1.82) is 0 Å². The average Bonchev–Trinajstić information content (AvgIpc) is 3.31. The van der Waals surface area contributed by atoms with Crippen molar-refractivity contribution in [3.63, 3.8) is 0 Å². The number of benzene rings is 2. The largest absolute Gasteiger partial charge is 0.372 e. The first-order valence-electron chi connectivity index (χ1n) is 11.1. The second-order valence-electron chi connectivity index (χ2n) is 8.41. The van der Waals surface area contributed by atoms with Crippen molar-refractivity contribution in [3.05, 3.63) is 65.7 Å². The molecule has 0 aromatic heterocycles. The van der Waals surface area contributed by atoms with E-state index >= 15 is 0 Å². The first kappa shape index (κ1) is 21.1. The molecular formula is C25H32N2O2S. The van der Waals surface area contributed by atoms with Crippen LogP contribution in [0.5, 0.6) is 0 Å². The molecular weight excluding hydrogens is 392 g/mol. The Kier molecular flexibility index (Phi) is 6.30. The van der Waals surface area contributed by atoms with Crippen LogP contribution in [-0.4, -0.2) is 31.9 Å². The van der Waals surface area contributed by atoms with Gasteiger partial charge in [-0.3, -0.25) is 0 Å². The van der Waals surface area contributed by atoms with Gasteiger partial charge in [-0.15, -0.1) is 0 Å². The number of sulfonamides is 1. The first-order chi connectivity index (χ1) is 14.5. The van der Waals surface area contributed by atoms with Gasteiger partial charge < -0.3 is 4.90 Å². The highest BCUT2D eigenvalue weighted by atomic mass is 32.2. The average molecular weight is 425 g/mol. The Morgan fingerprint density at radius 3 is 2.50 bits per heavy atom. The molecule has 1 fully saturated rings. The maximum Gasteiger partial charge on any atom is 0.243 e. The summed E-state index contributed by atoms with van der Waals surface area (Å²) >= 11 is 0. The lowest BCUT2D eigenvalue weighted by Crippen LogP contribution is -2.38. The van der Waals surface area contributed by atoms with E-state index in [1.807, 2.05) is 12.1 Å². The fraction of sp³-hybridized carbons (Fsp3) is 0.440. The molecule has 30 heavy (non-hydrogen) atoms. The number of anilines is 1. The molecule has 1 aliphatic heterocycles. The molecule has 2 aromatic carbocycles. The lowest BCUT2D eigenvalue weighted by atomic mass is 9.99. The molecule has 0 amide bonds. The highest BCUT2D eigenvalue weighted by Gasteiger charge is 2.33. The van der Waals surface area contributed by atoms with Gasteiger partial charge in [-0.2, -0.15) is 4.31 Å². The summed E-state index contributed by atoms with van der Waals surface area (Å²) in [5.74, 6) is 0. The molecule has 1 saturated carbocycles. The van der Waals surface area contributed by atoms with E-state index in [-0.39, 0.29) is 6.04 Å². The molecule has 4 nitrogen and oxygen atoms in total. The number of nitrogens with zero attached hydrogens (tertiary/aromatic N) is 2. The predicted molar refractivity (Wildman–Crippen MR) is 124 cm³/mol. The Hall–Kier alpha value is -2.11. The first-order valence-corrected chi connectivity index (χ1v) is 12.6. The van der Waals surface area contributed by atoms with Crippen molar-refractivity contribution in [2.75, 3.05) is 18.0 Å². The van der Waals surface area contributed by atoms with Gasteiger partial charge in [-0.1, -0.05) is 49.8 Å². The minimum Gasteiger partial charge on any atom is -0.372 e. The maximum absolute atomic E-state index is 13.6. The topological polar surface area (TPSA) is 40.6 Å². The van der Waals surface area contributed by atoms with Gasteiger partial charge in [0.05, 0.1) is 4.90 Å². The van der Waals surface area contributed by atoms with Gasteiger partial charge in [0.15, 0.2) is 0 Å². The minimum atomic E-state index is -3.56. The Morgan fingerprint density at radius 1 is 1.10 bits per heavy atom. The molecule has 1 heterocycles. The van der Waals surface area contributed by atoms with Gasteiger partial charge in [0.2, 0.25) is 10.0 Å². The van der Waals surface area contributed by atoms with Gasteiger partial charge in [-0.25, -0.2) is 8.42 Å². The van der Waals surface area contributed by atoms with Crippen LogP contribution in [0, 0.1) is 0 Å². The van der Waals surface area contributed by atoms with E-state index in [1.54, 1.807) is 22.5 Å². The molecule has 160 valence electrons. The Morgan fingerprint density at radius 2 is 1.83 bits per heavy atom. The van der Waals surface area contributed by atoms with Crippen LogP contribution >= 0.6 is 0 Å². The number of fused-ring (bicyclic) bond motifs is 1. The summed E-state index contributed by atoms with van der Waals surface area (Å²) in [6.07, 6.45) is 8.04. The summed E-state index contributed by atoms with van der Waals surface area (Å²) in [6.45, 7) is 8.50. The number of rotatable bonds is 7. The molecule has 0 radical (unpaired) electrons. The Labute approximate surface area is 181 Å². The van der Waals surface area contributed by atoms with Gasteiger partial charge in [0.1, 0.15) is 0 Å².